The van der Waals surface area contributed by atoms with Gasteiger partial charge in [0.1, 0.15) is 0 Å². The van der Waals surface area contributed by atoms with Gasteiger partial charge in [0.25, 0.3) is 0 Å². The molecular formula is C25H31N3O. The molecule has 1 aliphatic heterocycles. The predicted molar refractivity (Wildman–Crippen MR) is 118 cm³/mol. The van der Waals surface area contributed by atoms with Crippen LogP contribution in [0.5, 0.6) is 0 Å². The summed E-state index contributed by atoms with van der Waals surface area (Å²) in [6, 6.07) is 19.7. The highest BCUT2D eigenvalue weighted by molar-refractivity contribution is 5.85. The first-order valence-electron chi connectivity index (χ1n) is 10.8. The highest BCUT2D eigenvalue weighted by Crippen LogP contribution is 2.50. The summed E-state index contributed by atoms with van der Waals surface area (Å²) in [5.74, 6) is 0. The molecule has 1 atom stereocenters. The minimum Gasteiger partial charge on any atom is -0.395 e. The van der Waals surface area contributed by atoms with Crippen molar-refractivity contribution in [3.8, 4) is 0 Å². The van der Waals surface area contributed by atoms with Gasteiger partial charge in [0.05, 0.1) is 12.1 Å². The van der Waals surface area contributed by atoms with Crippen LogP contribution >= 0.6 is 0 Å². The van der Waals surface area contributed by atoms with Crippen LogP contribution < -0.4 is 5.32 Å². The van der Waals surface area contributed by atoms with Crippen LogP contribution in [0.4, 0.5) is 0 Å². The zero-order valence-electron chi connectivity index (χ0n) is 17.4. The number of hydrogen-bond donors (Lipinski definition) is 3. The predicted octanol–water partition coefficient (Wildman–Crippen LogP) is 3.90. The van der Waals surface area contributed by atoms with Crippen molar-refractivity contribution in [2.75, 3.05) is 20.7 Å². The molecule has 29 heavy (non-hydrogen) atoms. The molecule has 4 nitrogen and oxygen atoms in total. The second-order valence-corrected chi connectivity index (χ2v) is 9.13. The van der Waals surface area contributed by atoms with E-state index in [-0.39, 0.29) is 23.7 Å². The van der Waals surface area contributed by atoms with Gasteiger partial charge in [-0.25, -0.2) is 0 Å². The summed E-state index contributed by atoms with van der Waals surface area (Å²) in [6.45, 7) is 0.179. The number of aliphatic hydroxyl groups excluding tert-OH is 1. The topological polar surface area (TPSA) is 51.3 Å². The summed E-state index contributed by atoms with van der Waals surface area (Å²) in [7, 11) is 4.42. The number of aromatic nitrogens is 1. The Morgan fingerprint density at radius 1 is 0.966 bits per heavy atom. The summed E-state index contributed by atoms with van der Waals surface area (Å²) < 4.78 is 0. The van der Waals surface area contributed by atoms with Crippen LogP contribution in [0, 0.1) is 0 Å². The maximum atomic E-state index is 10.0. The molecule has 0 bridgehead atoms. The van der Waals surface area contributed by atoms with Gasteiger partial charge in [-0.1, -0.05) is 48.5 Å². The number of H-pyrrole nitrogens is 1. The Hall–Kier alpha value is -2.14. The first-order chi connectivity index (χ1) is 14.1. The van der Waals surface area contributed by atoms with Gasteiger partial charge in [-0.2, -0.15) is 0 Å². The molecular weight excluding hydrogens is 358 g/mol. The summed E-state index contributed by atoms with van der Waals surface area (Å²) in [5, 5.41) is 15.2. The Bertz CT molecular complexity index is 999. The van der Waals surface area contributed by atoms with E-state index < -0.39 is 0 Å². The van der Waals surface area contributed by atoms with Gasteiger partial charge in [0.2, 0.25) is 0 Å². The van der Waals surface area contributed by atoms with Crippen LogP contribution in [0.25, 0.3) is 10.9 Å². The fraction of sp³-hybridized carbons (Fsp3) is 0.440. The average molecular weight is 390 g/mol. The van der Waals surface area contributed by atoms with Gasteiger partial charge >= 0.3 is 0 Å². The van der Waals surface area contributed by atoms with Crippen molar-refractivity contribution in [2.45, 2.75) is 49.2 Å². The lowest BCUT2D eigenvalue weighted by Crippen LogP contribution is -2.58. The molecule has 4 heteroatoms. The zero-order valence-corrected chi connectivity index (χ0v) is 17.4. The fourth-order valence-electron chi connectivity index (χ4n) is 5.92. The first-order valence-corrected chi connectivity index (χ1v) is 10.8. The smallest absolute Gasteiger partial charge is 0.0594 e. The van der Waals surface area contributed by atoms with E-state index in [1.54, 1.807) is 0 Å². The lowest BCUT2D eigenvalue weighted by Gasteiger charge is -2.52. The minimum absolute atomic E-state index is 0.0620. The van der Waals surface area contributed by atoms with Crippen molar-refractivity contribution in [3.05, 3.63) is 71.4 Å². The summed E-state index contributed by atoms with van der Waals surface area (Å²) in [4.78, 5) is 6.17. The van der Waals surface area contributed by atoms with Crippen molar-refractivity contribution >= 4 is 10.9 Å². The van der Waals surface area contributed by atoms with E-state index in [1.165, 1.54) is 27.7 Å². The van der Waals surface area contributed by atoms with Crippen LogP contribution in [0.15, 0.2) is 54.6 Å². The maximum Gasteiger partial charge on any atom is 0.0594 e. The molecule has 0 saturated heterocycles. The Morgan fingerprint density at radius 2 is 1.66 bits per heavy atom. The number of rotatable bonds is 3. The number of nitrogens with one attached hydrogen (secondary N) is 2. The van der Waals surface area contributed by atoms with E-state index in [0.717, 1.165) is 32.1 Å². The normalized spacial score (nSPS) is 29.4. The number of benzene rings is 2. The monoisotopic (exact) mass is 389 g/mol. The van der Waals surface area contributed by atoms with Crippen LogP contribution in [-0.4, -0.2) is 41.7 Å². The summed E-state index contributed by atoms with van der Waals surface area (Å²) >= 11 is 0. The average Bonchev–Trinajstić information content (AvgIpc) is 3.14. The van der Waals surface area contributed by atoms with Crippen LogP contribution in [0.2, 0.25) is 0 Å². The lowest BCUT2D eigenvalue weighted by atomic mass is 9.65. The third-order valence-electron chi connectivity index (χ3n) is 7.54. The van der Waals surface area contributed by atoms with Crippen molar-refractivity contribution in [1.29, 1.82) is 0 Å². The van der Waals surface area contributed by atoms with Gasteiger partial charge in [0, 0.05) is 28.2 Å². The van der Waals surface area contributed by atoms with Crippen LogP contribution in [0.1, 0.15) is 42.5 Å². The Labute approximate surface area is 172 Å². The molecule has 0 amide bonds. The van der Waals surface area contributed by atoms with E-state index in [1.807, 2.05) is 0 Å². The largest absolute Gasteiger partial charge is 0.395 e. The number of hydrogen-bond acceptors (Lipinski definition) is 3. The molecule has 1 spiro atoms. The first kappa shape index (κ1) is 18.9. The number of aliphatic hydroxyl groups is 1. The third kappa shape index (κ3) is 2.85. The van der Waals surface area contributed by atoms with E-state index in [0.29, 0.717) is 0 Å². The highest BCUT2D eigenvalue weighted by Gasteiger charge is 2.49. The molecule has 1 aromatic heterocycles. The highest BCUT2D eigenvalue weighted by atomic mass is 16.3. The molecule has 5 rings (SSSR count). The summed E-state index contributed by atoms with van der Waals surface area (Å²) in [6.07, 6.45) is 5.16. The maximum absolute atomic E-state index is 10.0. The second-order valence-electron chi connectivity index (χ2n) is 9.13. The van der Waals surface area contributed by atoms with E-state index in [9.17, 15) is 5.11 Å². The second kappa shape index (κ2) is 6.98. The lowest BCUT2D eigenvalue weighted by molar-refractivity contribution is 0.0385. The molecule has 1 saturated carbocycles. The van der Waals surface area contributed by atoms with Crippen molar-refractivity contribution in [1.82, 2.24) is 15.2 Å². The number of fused-ring (bicyclic) bond motifs is 4. The van der Waals surface area contributed by atoms with Gasteiger partial charge in [-0.05, 0) is 63.4 Å². The Balaban J connectivity index is 1.56. The van der Waals surface area contributed by atoms with Gasteiger partial charge in [0.15, 0.2) is 0 Å². The third-order valence-corrected chi connectivity index (χ3v) is 7.54. The zero-order chi connectivity index (χ0) is 20.1. The molecule has 2 aliphatic rings. The standard InChI is InChI=1S/C25H31N3O/c1-28(2)25(18-8-4-3-5-9-18)14-12-24(13-15-25)23-21(16-19(17-29)27-24)20-10-6-7-11-22(20)26-23/h3-11,19,26-27,29H,12-17H2,1-2H3/t19-,24?,25?/m0/s1. The van der Waals surface area contributed by atoms with E-state index >= 15 is 0 Å². The van der Waals surface area contributed by atoms with Gasteiger partial charge in [-0.15, -0.1) is 0 Å². The van der Waals surface area contributed by atoms with Crippen molar-refractivity contribution in [3.63, 3.8) is 0 Å². The Kier molecular flexibility index (Phi) is 4.54. The molecule has 2 heterocycles. The number of para-hydroxylation sites is 1. The summed E-state index contributed by atoms with van der Waals surface area (Å²) in [5.41, 5.74) is 5.34. The number of nitrogens with zero attached hydrogens (tertiary/aromatic N) is 1. The van der Waals surface area contributed by atoms with Crippen molar-refractivity contribution in [2.24, 2.45) is 0 Å². The molecule has 152 valence electrons. The molecule has 1 fully saturated rings. The van der Waals surface area contributed by atoms with E-state index in [4.69, 9.17) is 0 Å². The van der Waals surface area contributed by atoms with Crippen molar-refractivity contribution < 1.29 is 5.11 Å². The Morgan fingerprint density at radius 3 is 2.34 bits per heavy atom. The van der Waals surface area contributed by atoms with Gasteiger partial charge in [-0.3, -0.25) is 4.90 Å². The molecule has 2 aromatic carbocycles. The molecule has 3 aromatic rings. The molecule has 3 N–H and O–H groups in total. The molecule has 0 unspecified atom stereocenters. The van der Waals surface area contributed by atoms with E-state index in [2.05, 4.69) is 83.9 Å². The quantitative estimate of drug-likeness (QED) is 0.637. The fourth-order valence-corrected chi connectivity index (χ4v) is 5.92. The van der Waals surface area contributed by atoms with Crippen LogP contribution in [0.3, 0.4) is 0 Å². The molecule has 1 aliphatic carbocycles. The number of aromatic amines is 1. The van der Waals surface area contributed by atoms with Crippen LogP contribution in [-0.2, 0) is 17.5 Å². The SMILES string of the molecule is CN(C)C1(c2ccccc2)CCC2(CC1)N[C@H](CO)Cc1c2[nH]c2ccccc12. The molecule has 0 radical (unpaired) electrons. The van der Waals surface area contributed by atoms with Gasteiger partial charge < -0.3 is 15.4 Å². The minimum atomic E-state index is -0.0890.